The molecule has 0 amide bonds. The topological polar surface area (TPSA) is 45.0 Å². The molecule has 1 fully saturated rings. The van der Waals surface area contributed by atoms with E-state index in [4.69, 9.17) is 0 Å². The number of azo groups is 1. The lowest BCUT2D eigenvalue weighted by atomic mass is 10.1. The van der Waals surface area contributed by atoms with Gasteiger partial charge in [0.05, 0.1) is 5.54 Å². The van der Waals surface area contributed by atoms with Crippen molar-refractivity contribution in [3.05, 3.63) is 0 Å². The van der Waals surface area contributed by atoms with Gasteiger partial charge in [0.1, 0.15) is 0 Å². The van der Waals surface area contributed by atoms with Gasteiger partial charge in [-0.05, 0) is 46.5 Å². The zero-order chi connectivity index (χ0) is 9.24. The molecule has 1 saturated carbocycles. The van der Waals surface area contributed by atoms with Gasteiger partial charge in [-0.1, -0.05) is 0 Å². The SMILES string of the molecule is CC(C)(C)N=NC1(O)CCCC1. The summed E-state index contributed by atoms with van der Waals surface area (Å²) in [4.78, 5) is 0. The number of aliphatic hydroxyl groups is 1. The van der Waals surface area contributed by atoms with Crippen LogP contribution in [0.15, 0.2) is 10.2 Å². The maximum Gasteiger partial charge on any atom is 0.176 e. The maximum atomic E-state index is 9.79. The standard InChI is InChI=1S/C9H18N2O/c1-8(2,3)10-11-9(12)6-4-5-7-9/h12H,4-7H2,1-3H3. The highest BCUT2D eigenvalue weighted by molar-refractivity contribution is 4.81. The van der Waals surface area contributed by atoms with Crippen molar-refractivity contribution < 1.29 is 5.11 Å². The quantitative estimate of drug-likeness (QED) is 0.604. The van der Waals surface area contributed by atoms with Gasteiger partial charge in [-0.2, -0.15) is 10.2 Å². The summed E-state index contributed by atoms with van der Waals surface area (Å²) >= 11 is 0. The van der Waals surface area contributed by atoms with Crippen LogP contribution in [0, 0.1) is 0 Å². The smallest absolute Gasteiger partial charge is 0.176 e. The van der Waals surface area contributed by atoms with Crippen LogP contribution >= 0.6 is 0 Å². The lowest BCUT2D eigenvalue weighted by molar-refractivity contribution is 0.0465. The highest BCUT2D eigenvalue weighted by Gasteiger charge is 2.31. The molecule has 3 heteroatoms. The molecular formula is C9H18N2O. The molecule has 0 saturated heterocycles. The number of hydrogen-bond donors (Lipinski definition) is 1. The molecule has 0 heterocycles. The fourth-order valence-electron chi connectivity index (χ4n) is 1.28. The van der Waals surface area contributed by atoms with Crippen molar-refractivity contribution in [2.45, 2.75) is 57.7 Å². The molecule has 0 aromatic heterocycles. The second-order valence-electron chi connectivity index (χ2n) is 4.56. The van der Waals surface area contributed by atoms with Crippen molar-refractivity contribution in [2.24, 2.45) is 10.2 Å². The predicted octanol–water partition coefficient (Wildman–Crippen LogP) is 2.50. The highest BCUT2D eigenvalue weighted by atomic mass is 16.3. The molecule has 0 radical (unpaired) electrons. The van der Waals surface area contributed by atoms with E-state index in [0.29, 0.717) is 0 Å². The van der Waals surface area contributed by atoms with E-state index in [1.54, 1.807) is 0 Å². The molecule has 3 nitrogen and oxygen atoms in total. The van der Waals surface area contributed by atoms with Gasteiger partial charge in [-0.3, -0.25) is 0 Å². The molecule has 1 aliphatic rings. The Morgan fingerprint density at radius 3 is 2.08 bits per heavy atom. The van der Waals surface area contributed by atoms with Crippen LogP contribution in [0.2, 0.25) is 0 Å². The summed E-state index contributed by atoms with van der Waals surface area (Å²) < 4.78 is 0. The summed E-state index contributed by atoms with van der Waals surface area (Å²) in [7, 11) is 0. The Bertz CT molecular complexity index is 175. The predicted molar refractivity (Wildman–Crippen MR) is 48.0 cm³/mol. The van der Waals surface area contributed by atoms with Crippen LogP contribution in [0.3, 0.4) is 0 Å². The third-order valence-corrected chi connectivity index (χ3v) is 1.94. The molecule has 0 bridgehead atoms. The van der Waals surface area contributed by atoms with Crippen molar-refractivity contribution in [3.8, 4) is 0 Å². The van der Waals surface area contributed by atoms with Crippen molar-refractivity contribution in [3.63, 3.8) is 0 Å². The molecule has 0 aromatic carbocycles. The largest absolute Gasteiger partial charge is 0.368 e. The van der Waals surface area contributed by atoms with E-state index in [9.17, 15) is 5.11 Å². The molecular weight excluding hydrogens is 152 g/mol. The van der Waals surface area contributed by atoms with E-state index in [2.05, 4.69) is 10.2 Å². The van der Waals surface area contributed by atoms with Gasteiger partial charge in [0, 0.05) is 0 Å². The van der Waals surface area contributed by atoms with E-state index in [-0.39, 0.29) is 5.54 Å². The van der Waals surface area contributed by atoms with Crippen molar-refractivity contribution in [1.29, 1.82) is 0 Å². The fourth-order valence-corrected chi connectivity index (χ4v) is 1.28. The summed E-state index contributed by atoms with van der Waals surface area (Å²) in [5, 5.41) is 17.9. The first-order valence-electron chi connectivity index (χ1n) is 4.58. The molecule has 0 spiro atoms. The Morgan fingerprint density at radius 1 is 1.17 bits per heavy atom. The average Bonchev–Trinajstić information content (AvgIpc) is 2.32. The van der Waals surface area contributed by atoms with Crippen molar-refractivity contribution >= 4 is 0 Å². The Labute approximate surface area is 73.9 Å². The van der Waals surface area contributed by atoms with Crippen LogP contribution < -0.4 is 0 Å². The molecule has 0 unspecified atom stereocenters. The van der Waals surface area contributed by atoms with Crippen LogP contribution in [0.4, 0.5) is 0 Å². The van der Waals surface area contributed by atoms with Crippen molar-refractivity contribution in [1.82, 2.24) is 0 Å². The van der Waals surface area contributed by atoms with Gasteiger partial charge in [-0.15, -0.1) is 0 Å². The van der Waals surface area contributed by atoms with Gasteiger partial charge >= 0.3 is 0 Å². The monoisotopic (exact) mass is 170 g/mol. The normalized spacial score (nSPS) is 23.7. The Hall–Kier alpha value is -0.440. The first kappa shape index (κ1) is 9.65. The first-order chi connectivity index (χ1) is 5.41. The van der Waals surface area contributed by atoms with Gasteiger partial charge in [-0.25, -0.2) is 0 Å². The molecule has 1 N–H and O–H groups in total. The minimum atomic E-state index is -0.840. The molecule has 70 valence electrons. The zero-order valence-electron chi connectivity index (χ0n) is 8.17. The molecule has 1 aliphatic carbocycles. The second kappa shape index (κ2) is 3.13. The van der Waals surface area contributed by atoms with Crippen LogP contribution in [0.25, 0.3) is 0 Å². The molecule has 1 rings (SSSR count). The van der Waals surface area contributed by atoms with E-state index < -0.39 is 5.72 Å². The van der Waals surface area contributed by atoms with E-state index in [1.165, 1.54) is 0 Å². The maximum absolute atomic E-state index is 9.79. The van der Waals surface area contributed by atoms with Crippen LogP contribution in [0.1, 0.15) is 46.5 Å². The summed E-state index contributed by atoms with van der Waals surface area (Å²) in [5.41, 5.74) is -1.01. The van der Waals surface area contributed by atoms with E-state index in [1.807, 2.05) is 20.8 Å². The van der Waals surface area contributed by atoms with E-state index in [0.717, 1.165) is 25.7 Å². The summed E-state index contributed by atoms with van der Waals surface area (Å²) in [6, 6.07) is 0. The van der Waals surface area contributed by atoms with Crippen LogP contribution in [0.5, 0.6) is 0 Å². The lowest BCUT2D eigenvalue weighted by Crippen LogP contribution is -2.21. The third-order valence-electron chi connectivity index (χ3n) is 1.94. The van der Waals surface area contributed by atoms with E-state index >= 15 is 0 Å². The van der Waals surface area contributed by atoms with Crippen molar-refractivity contribution in [2.75, 3.05) is 0 Å². The Kier molecular flexibility index (Phi) is 2.52. The summed E-state index contributed by atoms with van der Waals surface area (Å²) in [5.74, 6) is 0. The first-order valence-corrected chi connectivity index (χ1v) is 4.58. The zero-order valence-corrected chi connectivity index (χ0v) is 8.17. The number of hydrogen-bond acceptors (Lipinski definition) is 3. The Morgan fingerprint density at radius 2 is 1.67 bits per heavy atom. The summed E-state index contributed by atoms with van der Waals surface area (Å²) in [6.45, 7) is 5.94. The van der Waals surface area contributed by atoms with Crippen LogP contribution in [-0.4, -0.2) is 16.4 Å². The average molecular weight is 170 g/mol. The third kappa shape index (κ3) is 2.89. The molecule has 0 aromatic rings. The summed E-state index contributed by atoms with van der Waals surface area (Å²) in [6.07, 6.45) is 3.68. The minimum absolute atomic E-state index is 0.168. The number of rotatable bonds is 1. The molecule has 0 aliphatic heterocycles. The van der Waals surface area contributed by atoms with Crippen LogP contribution in [-0.2, 0) is 0 Å². The Balaban J connectivity index is 2.54. The van der Waals surface area contributed by atoms with Gasteiger partial charge < -0.3 is 5.11 Å². The van der Waals surface area contributed by atoms with Gasteiger partial charge in [0.15, 0.2) is 5.72 Å². The number of nitrogens with zero attached hydrogens (tertiary/aromatic N) is 2. The highest BCUT2D eigenvalue weighted by Crippen LogP contribution is 2.31. The fraction of sp³-hybridized carbons (Fsp3) is 1.00. The lowest BCUT2D eigenvalue weighted by Gasteiger charge is -2.17. The molecule has 0 atom stereocenters. The minimum Gasteiger partial charge on any atom is -0.368 e. The second-order valence-corrected chi connectivity index (χ2v) is 4.56. The van der Waals surface area contributed by atoms with Gasteiger partial charge in [0.2, 0.25) is 0 Å². The van der Waals surface area contributed by atoms with Gasteiger partial charge in [0.25, 0.3) is 0 Å². The molecule has 12 heavy (non-hydrogen) atoms.